The second-order valence-electron chi connectivity index (χ2n) is 10.5. The van der Waals surface area contributed by atoms with Gasteiger partial charge in [0.25, 0.3) is 0 Å². The van der Waals surface area contributed by atoms with Crippen molar-refractivity contribution >= 4 is 28.7 Å². The average molecular weight is 709 g/mol. The van der Waals surface area contributed by atoms with Gasteiger partial charge in [0.1, 0.15) is 0 Å². The fourth-order valence-corrected chi connectivity index (χ4v) is 4.90. The van der Waals surface area contributed by atoms with Gasteiger partial charge in [0, 0.05) is 72.9 Å². The summed E-state index contributed by atoms with van der Waals surface area (Å²) in [6, 6.07) is 34.6. The molecule has 0 N–H and O–H groups in total. The minimum atomic E-state index is 0. The predicted octanol–water partition coefficient (Wildman–Crippen LogP) is 0.639. The van der Waals surface area contributed by atoms with Crippen LogP contribution in [0.1, 0.15) is 22.3 Å². The lowest BCUT2D eigenvalue weighted by Gasteiger charge is -2.18. The van der Waals surface area contributed by atoms with Gasteiger partial charge in [0.15, 0.2) is 37.9 Å². The third-order valence-corrected chi connectivity index (χ3v) is 7.60. The number of pyridine rings is 2. The van der Waals surface area contributed by atoms with Crippen LogP contribution in [-0.2, 0) is 25.9 Å². The van der Waals surface area contributed by atoms with Gasteiger partial charge in [-0.05, 0) is 48.2 Å². The summed E-state index contributed by atoms with van der Waals surface area (Å²) in [5.41, 5.74) is 8.82. The minimum absolute atomic E-state index is 0. The molecule has 0 bridgehead atoms. The number of aromatic nitrogens is 2. The zero-order chi connectivity index (χ0) is 27.9. The predicted molar refractivity (Wildman–Crippen MR) is 166 cm³/mol. The molecule has 0 radical (unpaired) electrons. The zero-order valence-electron chi connectivity index (χ0n) is 24.3. The number of nitrogens with zero attached hydrogens (tertiary/aromatic N) is 4. The van der Waals surface area contributed by atoms with E-state index in [0.29, 0.717) is 0 Å². The Balaban J connectivity index is 0.00000242. The molecule has 0 unspecified atom stereocenters. The fourth-order valence-electron chi connectivity index (χ4n) is 4.78. The largest absolute Gasteiger partial charge is 1.00 e. The summed E-state index contributed by atoms with van der Waals surface area (Å²) >= 11 is 6.03. The van der Waals surface area contributed by atoms with Crippen LogP contribution >= 0.6 is 11.6 Å². The van der Waals surface area contributed by atoms with E-state index in [2.05, 4.69) is 138 Å². The highest BCUT2D eigenvalue weighted by molar-refractivity contribution is 6.30. The average Bonchev–Trinajstić information content (AvgIpc) is 2.98. The first kappa shape index (κ1) is 33.3. The topological polar surface area (TPSA) is 14.2 Å². The van der Waals surface area contributed by atoms with Crippen molar-refractivity contribution in [2.24, 2.45) is 0 Å². The molecule has 0 saturated carbocycles. The van der Waals surface area contributed by atoms with Crippen LogP contribution in [-0.4, -0.2) is 21.1 Å². The van der Waals surface area contributed by atoms with Crippen molar-refractivity contribution in [3.8, 4) is 0 Å². The molecule has 3 aromatic carbocycles. The maximum atomic E-state index is 6.03. The van der Waals surface area contributed by atoms with E-state index in [9.17, 15) is 0 Å². The van der Waals surface area contributed by atoms with Crippen LogP contribution < -0.4 is 52.9 Å². The SMILES string of the molecule is CN(C)c1cc[n+](Cc2ccc(CCc3ccc(C[n+]4ccc(N(C)c5ccc(Cl)cc5)cc4)cc3)cc2)cc1.[Br-].[Br-]. The Morgan fingerprint density at radius 1 is 0.476 bits per heavy atom. The monoisotopic (exact) mass is 706 g/mol. The van der Waals surface area contributed by atoms with Crippen LogP contribution in [0.25, 0.3) is 0 Å². The van der Waals surface area contributed by atoms with Crippen LogP contribution in [0.5, 0.6) is 0 Å². The van der Waals surface area contributed by atoms with Crippen LogP contribution in [0.3, 0.4) is 0 Å². The zero-order valence-corrected chi connectivity index (χ0v) is 28.2. The number of hydrogen-bond acceptors (Lipinski definition) is 2. The summed E-state index contributed by atoms with van der Waals surface area (Å²) in [6.45, 7) is 1.73. The fraction of sp³-hybridized carbons (Fsp3) is 0.200. The lowest BCUT2D eigenvalue weighted by Crippen LogP contribution is -3.00. The van der Waals surface area contributed by atoms with Crippen molar-refractivity contribution in [1.29, 1.82) is 0 Å². The van der Waals surface area contributed by atoms with Crippen molar-refractivity contribution in [3.05, 3.63) is 149 Å². The van der Waals surface area contributed by atoms with Gasteiger partial charge in [-0.2, -0.15) is 0 Å². The minimum Gasteiger partial charge on any atom is -1.00 e. The van der Waals surface area contributed by atoms with E-state index in [1.165, 1.54) is 27.9 Å². The Bertz CT molecular complexity index is 1500. The van der Waals surface area contributed by atoms with Crippen molar-refractivity contribution in [3.63, 3.8) is 0 Å². The number of rotatable bonds is 10. The number of benzene rings is 3. The molecule has 0 aliphatic rings. The second kappa shape index (κ2) is 15.9. The number of hydrogen-bond donors (Lipinski definition) is 0. The van der Waals surface area contributed by atoms with E-state index in [0.717, 1.165) is 42.3 Å². The highest BCUT2D eigenvalue weighted by Gasteiger charge is 2.09. The number of anilines is 3. The highest BCUT2D eigenvalue weighted by Crippen LogP contribution is 2.24. The Morgan fingerprint density at radius 2 is 0.833 bits per heavy atom. The summed E-state index contributed by atoms with van der Waals surface area (Å²) in [4.78, 5) is 4.28. The van der Waals surface area contributed by atoms with E-state index >= 15 is 0 Å². The molecule has 0 amide bonds. The third-order valence-electron chi connectivity index (χ3n) is 7.34. The summed E-state index contributed by atoms with van der Waals surface area (Å²) in [7, 11) is 6.20. The Hall–Kier alpha value is -3.19. The molecule has 4 nitrogen and oxygen atoms in total. The van der Waals surface area contributed by atoms with Gasteiger partial charge in [-0.15, -0.1) is 0 Å². The van der Waals surface area contributed by atoms with E-state index in [1.54, 1.807) is 0 Å². The Morgan fingerprint density at radius 3 is 1.24 bits per heavy atom. The van der Waals surface area contributed by atoms with Crippen molar-refractivity contribution in [1.82, 2.24) is 0 Å². The van der Waals surface area contributed by atoms with Gasteiger partial charge < -0.3 is 43.8 Å². The number of halogens is 3. The maximum absolute atomic E-state index is 6.03. The molecule has 0 fully saturated rings. The molecular formula is C35H37Br2ClN4. The van der Waals surface area contributed by atoms with Crippen LogP contribution in [0.15, 0.2) is 122 Å². The first-order chi connectivity index (χ1) is 19.4. The quantitative estimate of drug-likeness (QED) is 0.198. The van der Waals surface area contributed by atoms with E-state index in [1.807, 2.05) is 24.3 Å². The standard InChI is InChI=1S/C35H37ClN4.2BrH/c1-37(2)33-18-22-39(23-19-33)26-30-10-6-28(7-11-30)4-5-29-8-12-31(13-9-29)27-40-24-20-35(21-25-40)38(3)34-16-14-32(36)15-17-34;;/h6-25H,4-5,26-27H2,1-3H3;2*1H/q+2;;/p-2. The molecule has 218 valence electrons. The van der Waals surface area contributed by atoms with Crippen molar-refractivity contribution in [2.75, 3.05) is 30.9 Å². The summed E-state index contributed by atoms with van der Waals surface area (Å²) in [5, 5.41) is 0.751. The lowest BCUT2D eigenvalue weighted by molar-refractivity contribution is -0.688. The molecular weight excluding hydrogens is 672 g/mol. The molecule has 0 spiro atoms. The van der Waals surface area contributed by atoms with E-state index in [4.69, 9.17) is 11.6 Å². The van der Waals surface area contributed by atoms with Gasteiger partial charge in [0.05, 0.1) is 5.69 Å². The molecule has 5 aromatic rings. The van der Waals surface area contributed by atoms with Gasteiger partial charge in [-0.1, -0.05) is 60.1 Å². The molecule has 2 heterocycles. The number of aryl methyl sites for hydroxylation is 2. The smallest absolute Gasteiger partial charge is 0.173 e. The Kier molecular flexibility index (Phi) is 12.6. The first-order valence-electron chi connectivity index (χ1n) is 13.7. The second-order valence-corrected chi connectivity index (χ2v) is 11.0. The highest BCUT2D eigenvalue weighted by atomic mass is 79.9. The molecule has 42 heavy (non-hydrogen) atoms. The molecule has 0 aliphatic carbocycles. The molecule has 0 aliphatic heterocycles. The van der Waals surface area contributed by atoms with E-state index in [-0.39, 0.29) is 34.0 Å². The maximum Gasteiger partial charge on any atom is 0.173 e. The summed E-state index contributed by atoms with van der Waals surface area (Å²) in [6.07, 6.45) is 10.6. The summed E-state index contributed by atoms with van der Waals surface area (Å²) in [5.74, 6) is 0. The lowest BCUT2D eigenvalue weighted by atomic mass is 10.0. The van der Waals surface area contributed by atoms with Crippen LogP contribution in [0.2, 0.25) is 5.02 Å². The van der Waals surface area contributed by atoms with Crippen molar-refractivity contribution in [2.45, 2.75) is 25.9 Å². The van der Waals surface area contributed by atoms with Crippen molar-refractivity contribution < 1.29 is 43.1 Å². The molecule has 0 saturated heterocycles. The summed E-state index contributed by atoms with van der Waals surface area (Å²) < 4.78 is 4.43. The Labute approximate surface area is 276 Å². The molecule has 0 atom stereocenters. The van der Waals surface area contributed by atoms with Gasteiger partial charge >= 0.3 is 0 Å². The van der Waals surface area contributed by atoms with Gasteiger partial charge in [0.2, 0.25) is 0 Å². The molecule has 2 aromatic heterocycles. The third kappa shape index (κ3) is 9.15. The molecule has 7 heteroatoms. The van der Waals surface area contributed by atoms with Crippen LogP contribution in [0.4, 0.5) is 17.1 Å². The molecule has 5 rings (SSSR count). The van der Waals surface area contributed by atoms with Crippen LogP contribution in [0, 0.1) is 0 Å². The van der Waals surface area contributed by atoms with Gasteiger partial charge in [-0.3, -0.25) is 0 Å². The normalized spacial score (nSPS) is 10.4. The van der Waals surface area contributed by atoms with E-state index < -0.39 is 0 Å². The first-order valence-corrected chi connectivity index (χ1v) is 14.1. The van der Waals surface area contributed by atoms with Gasteiger partial charge in [-0.25, -0.2) is 9.13 Å².